The highest BCUT2D eigenvalue weighted by atomic mass is 32.1. The van der Waals surface area contributed by atoms with Crippen LogP contribution in [0.1, 0.15) is 32.5 Å². The van der Waals surface area contributed by atoms with Crippen LogP contribution in [0.25, 0.3) is 10.9 Å². The summed E-state index contributed by atoms with van der Waals surface area (Å²) in [6, 6.07) is 9.94. The fourth-order valence-electron chi connectivity index (χ4n) is 3.98. The maximum Gasteiger partial charge on any atom is 0.270 e. The Morgan fingerprint density at radius 2 is 2.32 bits per heavy atom. The number of rotatable bonds is 5. The minimum atomic E-state index is 0.0659. The molecule has 5 rings (SSSR count). The van der Waals surface area contributed by atoms with Crippen molar-refractivity contribution >= 4 is 28.1 Å². The van der Waals surface area contributed by atoms with E-state index in [1.165, 1.54) is 4.88 Å². The molecular weight excluding hydrogens is 372 g/mol. The number of hydrogen-bond acceptors (Lipinski definition) is 5. The summed E-state index contributed by atoms with van der Waals surface area (Å²) in [5, 5.41) is 5.70. The summed E-state index contributed by atoms with van der Waals surface area (Å²) in [5.74, 6) is 0.690. The molecule has 28 heavy (non-hydrogen) atoms. The second kappa shape index (κ2) is 7.66. The zero-order valence-corrected chi connectivity index (χ0v) is 16.6. The van der Waals surface area contributed by atoms with E-state index in [0.717, 1.165) is 67.3 Å². The Morgan fingerprint density at radius 3 is 3.18 bits per heavy atom. The SMILES string of the molecule is O=C(c1cc2ccccc2[nH]1)N1CCc2nc(CNCC3CCOC3)sc2C1. The lowest BCUT2D eigenvalue weighted by molar-refractivity contribution is 0.0731. The van der Waals surface area contributed by atoms with E-state index in [2.05, 4.69) is 10.3 Å². The second-order valence-corrected chi connectivity index (χ2v) is 8.75. The molecule has 1 amide bonds. The van der Waals surface area contributed by atoms with Gasteiger partial charge in [0.05, 0.1) is 18.8 Å². The molecule has 0 spiro atoms. The minimum absolute atomic E-state index is 0.0659. The lowest BCUT2D eigenvalue weighted by Gasteiger charge is -2.25. The Kier molecular flexibility index (Phi) is 4.88. The molecule has 7 heteroatoms. The number of H-pyrrole nitrogens is 1. The molecule has 146 valence electrons. The highest BCUT2D eigenvalue weighted by Gasteiger charge is 2.26. The summed E-state index contributed by atoms with van der Waals surface area (Å²) in [7, 11) is 0. The van der Waals surface area contributed by atoms with E-state index in [-0.39, 0.29) is 5.91 Å². The third-order valence-corrected chi connectivity index (χ3v) is 6.64. The van der Waals surface area contributed by atoms with Gasteiger partial charge in [0.1, 0.15) is 10.7 Å². The lowest BCUT2D eigenvalue weighted by atomic mass is 10.1. The molecule has 2 aliphatic heterocycles. The number of aromatic amines is 1. The molecule has 3 aromatic rings. The van der Waals surface area contributed by atoms with E-state index in [1.54, 1.807) is 11.3 Å². The molecule has 2 aromatic heterocycles. The maximum absolute atomic E-state index is 13.0. The first-order chi connectivity index (χ1) is 13.8. The van der Waals surface area contributed by atoms with Crippen molar-refractivity contribution < 1.29 is 9.53 Å². The van der Waals surface area contributed by atoms with Gasteiger partial charge in [0.15, 0.2) is 0 Å². The fourth-order valence-corrected chi connectivity index (χ4v) is 5.08. The van der Waals surface area contributed by atoms with Crippen LogP contribution in [0.5, 0.6) is 0 Å². The topological polar surface area (TPSA) is 70.2 Å². The molecule has 1 fully saturated rings. The molecule has 4 heterocycles. The van der Waals surface area contributed by atoms with Crippen molar-refractivity contribution in [2.75, 3.05) is 26.3 Å². The summed E-state index contributed by atoms with van der Waals surface area (Å²) in [4.78, 5) is 24.2. The van der Waals surface area contributed by atoms with E-state index < -0.39 is 0 Å². The quantitative estimate of drug-likeness (QED) is 0.696. The van der Waals surface area contributed by atoms with Gasteiger partial charge >= 0.3 is 0 Å². The molecule has 6 nitrogen and oxygen atoms in total. The van der Waals surface area contributed by atoms with Crippen LogP contribution in [0.15, 0.2) is 30.3 Å². The highest BCUT2D eigenvalue weighted by molar-refractivity contribution is 7.11. The Bertz CT molecular complexity index is 956. The van der Waals surface area contributed by atoms with Gasteiger partial charge in [-0.1, -0.05) is 18.2 Å². The van der Waals surface area contributed by atoms with Crippen LogP contribution in [0, 0.1) is 5.92 Å². The number of nitrogens with one attached hydrogen (secondary N) is 2. The van der Waals surface area contributed by atoms with Crippen molar-refractivity contribution in [2.24, 2.45) is 5.92 Å². The zero-order valence-electron chi connectivity index (χ0n) is 15.7. The first-order valence-corrected chi connectivity index (χ1v) is 10.7. The highest BCUT2D eigenvalue weighted by Crippen LogP contribution is 2.27. The fraction of sp³-hybridized carbons (Fsp3) is 0.429. The third-order valence-electron chi connectivity index (χ3n) is 5.56. The van der Waals surface area contributed by atoms with Crippen molar-refractivity contribution in [3.8, 4) is 0 Å². The summed E-state index contributed by atoms with van der Waals surface area (Å²) in [5.41, 5.74) is 2.82. The number of fused-ring (bicyclic) bond motifs is 2. The number of hydrogen-bond donors (Lipinski definition) is 2. The molecule has 1 saturated heterocycles. The average molecular weight is 397 g/mol. The molecule has 0 radical (unpaired) electrons. The van der Waals surface area contributed by atoms with Gasteiger partial charge in [0, 0.05) is 48.4 Å². The van der Waals surface area contributed by atoms with Crippen molar-refractivity contribution in [1.82, 2.24) is 20.2 Å². The van der Waals surface area contributed by atoms with Crippen LogP contribution in [0.3, 0.4) is 0 Å². The van der Waals surface area contributed by atoms with Crippen LogP contribution in [0.2, 0.25) is 0 Å². The van der Waals surface area contributed by atoms with E-state index in [1.807, 2.05) is 35.2 Å². The summed E-state index contributed by atoms with van der Waals surface area (Å²) < 4.78 is 5.42. The van der Waals surface area contributed by atoms with E-state index >= 15 is 0 Å². The number of thiazole rings is 1. The normalized spacial score (nSPS) is 19.3. The Balaban J connectivity index is 1.23. The predicted molar refractivity (Wildman–Crippen MR) is 109 cm³/mol. The first kappa shape index (κ1) is 17.8. The Labute approximate surface area is 167 Å². The number of nitrogens with zero attached hydrogens (tertiary/aromatic N) is 2. The second-order valence-electron chi connectivity index (χ2n) is 7.58. The summed E-state index contributed by atoms with van der Waals surface area (Å²) in [6.45, 7) is 4.90. The van der Waals surface area contributed by atoms with Gasteiger partial charge in [-0.05, 0) is 24.5 Å². The molecule has 0 bridgehead atoms. The predicted octanol–water partition coefficient (Wildman–Crippen LogP) is 2.95. The van der Waals surface area contributed by atoms with Gasteiger partial charge in [-0.25, -0.2) is 4.98 Å². The standard InChI is InChI=1S/C21H24N4O2S/c26-21(18-9-15-3-1-2-4-16(15)23-18)25-7-5-17-19(12-25)28-20(24-17)11-22-10-14-6-8-27-13-14/h1-4,9,14,22-23H,5-8,10-13H2. The molecule has 1 aromatic carbocycles. The number of carbonyl (C=O) groups excluding carboxylic acids is 1. The van der Waals surface area contributed by atoms with Gasteiger partial charge in [0.25, 0.3) is 5.91 Å². The van der Waals surface area contributed by atoms with Crippen LogP contribution in [-0.4, -0.2) is 47.1 Å². The maximum atomic E-state index is 13.0. The number of para-hydroxylation sites is 1. The molecular formula is C21H24N4O2S. The molecule has 1 atom stereocenters. The Morgan fingerprint density at radius 1 is 1.39 bits per heavy atom. The monoisotopic (exact) mass is 396 g/mol. The lowest BCUT2D eigenvalue weighted by Crippen LogP contribution is -2.35. The number of amides is 1. The summed E-state index contributed by atoms with van der Waals surface area (Å²) >= 11 is 1.73. The minimum Gasteiger partial charge on any atom is -0.381 e. The molecule has 0 saturated carbocycles. The van der Waals surface area contributed by atoms with Crippen LogP contribution < -0.4 is 5.32 Å². The molecule has 2 N–H and O–H groups in total. The van der Waals surface area contributed by atoms with Gasteiger partial charge < -0.3 is 19.9 Å². The Hall–Kier alpha value is -2.22. The van der Waals surface area contributed by atoms with Crippen LogP contribution in [-0.2, 0) is 24.2 Å². The van der Waals surface area contributed by atoms with Gasteiger partial charge in [0.2, 0.25) is 0 Å². The number of ether oxygens (including phenoxy) is 1. The number of benzene rings is 1. The number of aromatic nitrogens is 2. The van der Waals surface area contributed by atoms with Gasteiger partial charge in [-0.15, -0.1) is 11.3 Å². The van der Waals surface area contributed by atoms with E-state index in [9.17, 15) is 4.79 Å². The van der Waals surface area contributed by atoms with E-state index in [0.29, 0.717) is 18.2 Å². The van der Waals surface area contributed by atoms with Gasteiger partial charge in [-0.2, -0.15) is 0 Å². The van der Waals surface area contributed by atoms with Crippen molar-refractivity contribution in [2.45, 2.75) is 25.9 Å². The van der Waals surface area contributed by atoms with Crippen molar-refractivity contribution in [3.63, 3.8) is 0 Å². The largest absolute Gasteiger partial charge is 0.381 e. The third kappa shape index (κ3) is 3.57. The van der Waals surface area contributed by atoms with Crippen molar-refractivity contribution in [3.05, 3.63) is 51.6 Å². The van der Waals surface area contributed by atoms with Gasteiger partial charge in [-0.3, -0.25) is 4.79 Å². The van der Waals surface area contributed by atoms with Crippen LogP contribution in [0.4, 0.5) is 0 Å². The average Bonchev–Trinajstić information content (AvgIpc) is 3.45. The smallest absolute Gasteiger partial charge is 0.270 e. The molecule has 0 aliphatic carbocycles. The molecule has 1 unspecified atom stereocenters. The summed E-state index contributed by atoms with van der Waals surface area (Å²) in [6.07, 6.45) is 1.97. The first-order valence-electron chi connectivity index (χ1n) is 9.89. The zero-order chi connectivity index (χ0) is 18.9. The van der Waals surface area contributed by atoms with E-state index in [4.69, 9.17) is 9.72 Å². The van der Waals surface area contributed by atoms with Crippen molar-refractivity contribution in [1.29, 1.82) is 0 Å². The van der Waals surface area contributed by atoms with Crippen LogP contribution >= 0.6 is 11.3 Å². The number of carbonyl (C=O) groups is 1. The molecule has 2 aliphatic rings.